The summed E-state index contributed by atoms with van der Waals surface area (Å²) in [6, 6.07) is 8.32. The lowest BCUT2D eigenvalue weighted by Gasteiger charge is -2.23. The van der Waals surface area contributed by atoms with Gasteiger partial charge in [0.25, 0.3) is 0 Å². The van der Waals surface area contributed by atoms with Gasteiger partial charge in [0.05, 0.1) is 6.10 Å². The average molecular weight is 396 g/mol. The normalized spacial score (nSPS) is 21.1. The van der Waals surface area contributed by atoms with Crippen LogP contribution in [0.15, 0.2) is 24.3 Å². The number of ketones is 1. The molecule has 1 aliphatic heterocycles. The van der Waals surface area contributed by atoms with Gasteiger partial charge in [-0.05, 0) is 55.4 Å². The predicted octanol–water partition coefficient (Wildman–Crippen LogP) is 3.64. The number of ether oxygens (including phenoxy) is 2. The topological polar surface area (TPSA) is 71.6 Å². The summed E-state index contributed by atoms with van der Waals surface area (Å²) in [6.45, 7) is 2.81. The predicted molar refractivity (Wildman–Crippen MR) is 111 cm³/mol. The zero-order valence-corrected chi connectivity index (χ0v) is 17.3. The molecule has 1 aromatic heterocycles. The highest BCUT2D eigenvalue weighted by molar-refractivity contribution is 6.03. The van der Waals surface area contributed by atoms with Crippen LogP contribution < -0.4 is 4.90 Å². The van der Waals surface area contributed by atoms with Crippen molar-refractivity contribution in [1.29, 1.82) is 0 Å². The number of carbonyl (C=O) groups excluding carboxylic acids is 2. The van der Waals surface area contributed by atoms with Crippen molar-refractivity contribution in [2.45, 2.75) is 44.6 Å². The van der Waals surface area contributed by atoms with Crippen LogP contribution in [0.3, 0.4) is 0 Å². The van der Waals surface area contributed by atoms with E-state index in [0.29, 0.717) is 29.7 Å². The number of fused-ring (bicyclic) bond motifs is 1. The van der Waals surface area contributed by atoms with Crippen LogP contribution in [-0.4, -0.2) is 50.1 Å². The molecule has 1 aliphatic carbocycles. The van der Waals surface area contributed by atoms with Crippen molar-refractivity contribution in [3.8, 4) is 0 Å². The van der Waals surface area contributed by atoms with Crippen LogP contribution in [0, 0.1) is 6.92 Å². The van der Waals surface area contributed by atoms with Crippen LogP contribution in [0.4, 0.5) is 5.69 Å². The Kier molecular flexibility index (Phi) is 5.46. The second kappa shape index (κ2) is 8.03. The number of aromatic amines is 1. The highest BCUT2D eigenvalue weighted by atomic mass is 16.6. The number of carbonyl (C=O) groups is 2. The molecular formula is C23H28N2O4. The third-order valence-electron chi connectivity index (χ3n) is 6.00. The Bertz CT molecular complexity index is 908. The van der Waals surface area contributed by atoms with Gasteiger partial charge in [-0.15, -0.1) is 0 Å². The second-order valence-corrected chi connectivity index (χ2v) is 8.23. The minimum absolute atomic E-state index is 0.0139. The molecule has 6 nitrogen and oxygen atoms in total. The van der Waals surface area contributed by atoms with Gasteiger partial charge in [-0.25, -0.2) is 4.79 Å². The van der Waals surface area contributed by atoms with Gasteiger partial charge in [0.2, 0.25) is 0 Å². The fourth-order valence-corrected chi connectivity index (χ4v) is 4.33. The summed E-state index contributed by atoms with van der Waals surface area (Å²) >= 11 is 0. The maximum atomic E-state index is 12.9. The standard InChI is InChI=1S/C23H28N2O4/c1-14-21-19(24-22(14)23(27)29-13-18-5-4-10-28-18)11-16(12-20(21)26)15-6-8-17(9-7-15)25(2)3/h6-9,16,18,24H,4-5,10-13H2,1-3H3/t16-,18-/m0/s1. The summed E-state index contributed by atoms with van der Waals surface area (Å²) in [6.07, 6.45) is 3.07. The number of hydrogen-bond donors (Lipinski definition) is 1. The number of esters is 1. The number of aromatic nitrogens is 1. The number of hydrogen-bond acceptors (Lipinski definition) is 5. The van der Waals surface area contributed by atoms with Crippen molar-refractivity contribution < 1.29 is 19.1 Å². The summed E-state index contributed by atoms with van der Waals surface area (Å²) in [5.74, 6) is -0.216. The summed E-state index contributed by atoms with van der Waals surface area (Å²) in [5.41, 5.74) is 4.86. The minimum atomic E-state index is -0.410. The van der Waals surface area contributed by atoms with E-state index in [2.05, 4.69) is 34.1 Å². The van der Waals surface area contributed by atoms with E-state index in [9.17, 15) is 9.59 Å². The molecule has 1 fully saturated rings. The van der Waals surface area contributed by atoms with Crippen LogP contribution in [0.1, 0.15) is 62.8 Å². The molecule has 0 amide bonds. The molecule has 4 rings (SSSR count). The Balaban J connectivity index is 1.51. The number of nitrogens with one attached hydrogen (secondary N) is 1. The lowest BCUT2D eigenvalue weighted by atomic mass is 9.81. The van der Waals surface area contributed by atoms with E-state index in [1.54, 1.807) is 0 Å². The van der Waals surface area contributed by atoms with Crippen molar-refractivity contribution in [3.63, 3.8) is 0 Å². The van der Waals surface area contributed by atoms with Gasteiger partial charge in [0.15, 0.2) is 5.78 Å². The summed E-state index contributed by atoms with van der Waals surface area (Å²) in [4.78, 5) is 30.7. The molecule has 2 heterocycles. The highest BCUT2D eigenvalue weighted by Crippen LogP contribution is 2.35. The lowest BCUT2D eigenvalue weighted by Crippen LogP contribution is -2.19. The van der Waals surface area contributed by atoms with Crippen LogP contribution in [0.25, 0.3) is 0 Å². The van der Waals surface area contributed by atoms with Gasteiger partial charge in [-0.1, -0.05) is 12.1 Å². The fourth-order valence-electron chi connectivity index (χ4n) is 4.33. The maximum Gasteiger partial charge on any atom is 0.355 e. The van der Waals surface area contributed by atoms with E-state index in [4.69, 9.17) is 9.47 Å². The molecule has 2 aliphatic rings. The Hall–Kier alpha value is -2.60. The molecule has 1 saturated heterocycles. The molecule has 154 valence electrons. The molecule has 0 bridgehead atoms. The first kappa shape index (κ1) is 19.7. The zero-order chi connectivity index (χ0) is 20.5. The van der Waals surface area contributed by atoms with E-state index >= 15 is 0 Å². The van der Waals surface area contributed by atoms with E-state index in [1.165, 1.54) is 0 Å². The van der Waals surface area contributed by atoms with Crippen molar-refractivity contribution in [3.05, 3.63) is 52.3 Å². The number of nitrogens with zero attached hydrogens (tertiary/aromatic N) is 1. The zero-order valence-electron chi connectivity index (χ0n) is 17.3. The first-order valence-corrected chi connectivity index (χ1v) is 10.2. The maximum absolute atomic E-state index is 12.9. The van der Waals surface area contributed by atoms with Crippen molar-refractivity contribution in [1.82, 2.24) is 4.98 Å². The van der Waals surface area contributed by atoms with E-state index in [0.717, 1.165) is 36.4 Å². The van der Waals surface area contributed by atoms with Gasteiger partial charge in [-0.2, -0.15) is 0 Å². The summed E-state index contributed by atoms with van der Waals surface area (Å²) < 4.78 is 11.0. The molecule has 6 heteroatoms. The average Bonchev–Trinajstić information content (AvgIpc) is 3.34. The largest absolute Gasteiger partial charge is 0.458 e. The number of Topliss-reactive ketones (excluding diaryl/α,β-unsaturated/α-hetero) is 1. The summed E-state index contributed by atoms with van der Waals surface area (Å²) in [5, 5.41) is 0. The number of H-pyrrole nitrogens is 1. The van der Waals surface area contributed by atoms with E-state index < -0.39 is 5.97 Å². The Morgan fingerprint density at radius 2 is 2.00 bits per heavy atom. The third kappa shape index (κ3) is 3.94. The van der Waals surface area contributed by atoms with Crippen LogP contribution in [0.2, 0.25) is 0 Å². The van der Waals surface area contributed by atoms with Crippen LogP contribution >= 0.6 is 0 Å². The molecule has 2 atom stereocenters. The first-order valence-electron chi connectivity index (χ1n) is 10.2. The molecule has 0 radical (unpaired) electrons. The number of rotatable bonds is 5. The van der Waals surface area contributed by atoms with Crippen molar-refractivity contribution in [2.75, 3.05) is 32.2 Å². The van der Waals surface area contributed by atoms with E-state index in [1.807, 2.05) is 21.0 Å². The van der Waals surface area contributed by atoms with Crippen LogP contribution in [0.5, 0.6) is 0 Å². The number of benzene rings is 1. The molecule has 1 aromatic carbocycles. The highest BCUT2D eigenvalue weighted by Gasteiger charge is 2.32. The quantitative estimate of drug-likeness (QED) is 0.782. The molecule has 0 spiro atoms. The van der Waals surface area contributed by atoms with Gasteiger partial charge in [-0.3, -0.25) is 4.79 Å². The number of anilines is 1. The second-order valence-electron chi connectivity index (χ2n) is 8.23. The Labute approximate surface area is 171 Å². The summed E-state index contributed by atoms with van der Waals surface area (Å²) in [7, 11) is 4.01. The molecule has 29 heavy (non-hydrogen) atoms. The molecule has 2 aromatic rings. The van der Waals surface area contributed by atoms with Gasteiger partial charge in [0.1, 0.15) is 12.3 Å². The Morgan fingerprint density at radius 1 is 1.24 bits per heavy atom. The first-order chi connectivity index (χ1) is 13.9. The van der Waals surface area contributed by atoms with E-state index in [-0.39, 0.29) is 24.4 Å². The third-order valence-corrected chi connectivity index (χ3v) is 6.00. The minimum Gasteiger partial charge on any atom is -0.458 e. The SMILES string of the molecule is Cc1c(C(=O)OC[C@@H]2CCCO2)[nH]c2c1C(=O)C[C@@H](c1ccc(N(C)C)cc1)C2. The van der Waals surface area contributed by atoms with Crippen molar-refractivity contribution >= 4 is 17.4 Å². The van der Waals surface area contributed by atoms with Crippen LogP contribution in [-0.2, 0) is 15.9 Å². The molecule has 0 saturated carbocycles. The Morgan fingerprint density at radius 3 is 2.66 bits per heavy atom. The van der Waals surface area contributed by atoms with Crippen molar-refractivity contribution in [2.24, 2.45) is 0 Å². The molecular weight excluding hydrogens is 368 g/mol. The molecule has 1 N–H and O–H groups in total. The monoisotopic (exact) mass is 396 g/mol. The smallest absolute Gasteiger partial charge is 0.355 e. The fraction of sp³-hybridized carbons (Fsp3) is 0.478. The molecule has 0 unspecified atom stereocenters. The van der Waals surface area contributed by atoms with Gasteiger partial charge >= 0.3 is 5.97 Å². The van der Waals surface area contributed by atoms with Gasteiger partial charge < -0.3 is 19.4 Å². The lowest BCUT2D eigenvalue weighted by molar-refractivity contribution is 0.0156. The van der Waals surface area contributed by atoms with Gasteiger partial charge in [0, 0.05) is 44.1 Å².